The molecular weight excluding hydrogens is 404 g/mol. The van der Waals surface area contributed by atoms with Crippen LogP contribution in [0.25, 0.3) is 10.9 Å². The molecule has 1 aromatic heterocycles. The lowest BCUT2D eigenvalue weighted by Gasteiger charge is -2.49. The van der Waals surface area contributed by atoms with Crippen LogP contribution in [0, 0.1) is 24.7 Å². The minimum absolute atomic E-state index is 0.142. The van der Waals surface area contributed by atoms with Gasteiger partial charge in [0.15, 0.2) is 0 Å². The van der Waals surface area contributed by atoms with E-state index in [1.54, 1.807) is 12.1 Å². The van der Waals surface area contributed by atoms with Crippen LogP contribution in [0.1, 0.15) is 49.8 Å². The van der Waals surface area contributed by atoms with E-state index in [1.807, 2.05) is 29.4 Å². The number of aryl methyl sites for hydroxylation is 2. The van der Waals surface area contributed by atoms with Crippen molar-refractivity contribution in [2.45, 2.75) is 50.5 Å². The number of fused-ring (bicyclic) bond motifs is 2. The summed E-state index contributed by atoms with van der Waals surface area (Å²) >= 11 is 0. The van der Waals surface area contributed by atoms with Crippen LogP contribution in [0.5, 0.6) is 0 Å². The van der Waals surface area contributed by atoms with Gasteiger partial charge in [-0.1, -0.05) is 55.7 Å². The summed E-state index contributed by atoms with van der Waals surface area (Å²) < 4.78 is 31.9. The lowest BCUT2D eigenvalue weighted by molar-refractivity contribution is 0.0375. The number of hydrogen-bond acceptors (Lipinski definition) is 2. The second-order valence-electron chi connectivity index (χ2n) is 9.61. The van der Waals surface area contributed by atoms with Crippen molar-refractivity contribution in [3.8, 4) is 0 Å². The Balaban J connectivity index is 1.67. The Labute approximate surface area is 185 Å². The highest BCUT2D eigenvalue weighted by atomic mass is 32.2. The molecular formula is C26H32N2O2S. The van der Waals surface area contributed by atoms with Crippen LogP contribution >= 0.6 is 0 Å². The van der Waals surface area contributed by atoms with Crippen LogP contribution < -0.4 is 0 Å². The molecule has 0 amide bonds. The van der Waals surface area contributed by atoms with Crippen molar-refractivity contribution in [3.05, 3.63) is 65.9 Å². The van der Waals surface area contributed by atoms with Crippen molar-refractivity contribution in [1.29, 1.82) is 0 Å². The summed E-state index contributed by atoms with van der Waals surface area (Å²) in [7, 11) is -1.54. The van der Waals surface area contributed by atoms with Gasteiger partial charge in [-0.15, -0.1) is 0 Å². The average Bonchev–Trinajstić information content (AvgIpc) is 3.10. The minimum atomic E-state index is -3.59. The Hall–Kier alpha value is -2.11. The fourth-order valence-corrected chi connectivity index (χ4v) is 7.88. The summed E-state index contributed by atoms with van der Waals surface area (Å²) in [5.41, 5.74) is 3.37. The summed E-state index contributed by atoms with van der Waals surface area (Å²) in [6.45, 7) is 4.90. The Morgan fingerprint density at radius 1 is 0.968 bits per heavy atom. The molecule has 0 spiro atoms. The van der Waals surface area contributed by atoms with E-state index in [9.17, 15) is 8.42 Å². The van der Waals surface area contributed by atoms with Gasteiger partial charge in [0.05, 0.1) is 10.9 Å². The zero-order valence-electron chi connectivity index (χ0n) is 18.7. The van der Waals surface area contributed by atoms with Crippen molar-refractivity contribution < 1.29 is 8.42 Å². The third kappa shape index (κ3) is 3.42. The summed E-state index contributed by atoms with van der Waals surface area (Å²) in [5.74, 6) is 1.32. The quantitative estimate of drug-likeness (QED) is 0.530. The Morgan fingerprint density at radius 3 is 2.45 bits per heavy atom. The molecule has 5 heteroatoms. The number of nitrogens with zero attached hydrogens (tertiary/aromatic N) is 2. The molecule has 2 aromatic carbocycles. The smallest absolute Gasteiger partial charge is 0.243 e. The Kier molecular flexibility index (Phi) is 5.22. The molecule has 31 heavy (non-hydrogen) atoms. The maximum absolute atomic E-state index is 14.0. The molecule has 2 fully saturated rings. The number of piperidine rings is 1. The zero-order chi connectivity index (χ0) is 21.8. The predicted molar refractivity (Wildman–Crippen MR) is 125 cm³/mol. The van der Waals surface area contributed by atoms with Crippen LogP contribution in [0.15, 0.2) is 59.6 Å². The molecule has 2 aliphatic rings. The van der Waals surface area contributed by atoms with E-state index in [4.69, 9.17) is 0 Å². The first-order valence-electron chi connectivity index (χ1n) is 11.5. The van der Waals surface area contributed by atoms with Gasteiger partial charge in [-0.05, 0) is 61.3 Å². The lowest BCUT2D eigenvalue weighted by atomic mass is 9.67. The summed E-state index contributed by atoms with van der Waals surface area (Å²) in [4.78, 5) is 0.407. The fraction of sp³-hybridized carbons (Fsp3) is 0.462. The molecule has 5 rings (SSSR count). The van der Waals surface area contributed by atoms with E-state index < -0.39 is 10.0 Å². The topological polar surface area (TPSA) is 42.3 Å². The average molecular weight is 437 g/mol. The lowest BCUT2D eigenvalue weighted by Crippen LogP contribution is -2.50. The molecule has 2 heterocycles. The van der Waals surface area contributed by atoms with Gasteiger partial charge in [0.25, 0.3) is 0 Å². The van der Waals surface area contributed by atoms with E-state index in [1.165, 1.54) is 24.6 Å². The van der Waals surface area contributed by atoms with Crippen LogP contribution in [0.4, 0.5) is 0 Å². The van der Waals surface area contributed by atoms with Crippen LogP contribution in [0.3, 0.4) is 0 Å². The van der Waals surface area contributed by atoms with Crippen molar-refractivity contribution >= 4 is 20.9 Å². The number of rotatable bonds is 3. The first-order chi connectivity index (χ1) is 14.9. The number of benzene rings is 2. The normalized spacial score (nSPS) is 27.3. The Morgan fingerprint density at radius 2 is 1.68 bits per heavy atom. The molecule has 1 aliphatic heterocycles. The number of sulfonamides is 1. The third-order valence-electron chi connectivity index (χ3n) is 7.74. The van der Waals surface area contributed by atoms with Crippen LogP contribution in [0.2, 0.25) is 0 Å². The van der Waals surface area contributed by atoms with Crippen LogP contribution in [-0.4, -0.2) is 23.8 Å². The summed E-state index contributed by atoms with van der Waals surface area (Å²) in [6, 6.07) is 15.6. The molecule has 4 nitrogen and oxygen atoms in total. The molecule has 0 N–H and O–H groups in total. The van der Waals surface area contributed by atoms with E-state index >= 15 is 0 Å². The fourth-order valence-electron chi connectivity index (χ4n) is 6.14. The predicted octanol–water partition coefficient (Wildman–Crippen LogP) is 5.67. The second-order valence-corrected chi connectivity index (χ2v) is 11.5. The number of hydrogen-bond donors (Lipinski definition) is 0. The molecule has 164 valence electrons. The molecule has 1 saturated heterocycles. The zero-order valence-corrected chi connectivity index (χ0v) is 19.5. The molecule has 0 bridgehead atoms. The van der Waals surface area contributed by atoms with E-state index in [0.717, 1.165) is 23.1 Å². The number of aromatic nitrogens is 1. The third-order valence-corrected chi connectivity index (χ3v) is 9.60. The van der Waals surface area contributed by atoms with E-state index in [-0.39, 0.29) is 12.0 Å². The summed E-state index contributed by atoms with van der Waals surface area (Å²) in [6.07, 6.45) is 6.99. The maximum Gasteiger partial charge on any atom is 0.243 e. The van der Waals surface area contributed by atoms with E-state index in [0.29, 0.717) is 23.3 Å². The standard InChI is InChI=1S/C26H32N2O2S/c1-18-12-14-21(15-13-18)31(29,30)28-16-20-8-4-5-9-22(20)19(2)26(28)24-17-27(3)25-11-7-6-10-23(24)25/h6-7,10-15,17,19-20,22,26H,4-5,8-9,16H2,1-3H3/t19-,20+,22-,26+/m1/s1. The molecule has 1 saturated carbocycles. The van der Waals surface area contributed by atoms with Crippen molar-refractivity contribution in [1.82, 2.24) is 8.87 Å². The molecule has 0 radical (unpaired) electrons. The van der Waals surface area contributed by atoms with Gasteiger partial charge in [-0.2, -0.15) is 4.31 Å². The van der Waals surface area contributed by atoms with Crippen LogP contribution in [-0.2, 0) is 17.1 Å². The van der Waals surface area contributed by atoms with Gasteiger partial charge in [0, 0.05) is 30.7 Å². The highest BCUT2D eigenvalue weighted by molar-refractivity contribution is 7.89. The highest BCUT2D eigenvalue weighted by Crippen LogP contribution is 2.50. The first-order valence-corrected chi connectivity index (χ1v) is 12.9. The van der Waals surface area contributed by atoms with Crippen molar-refractivity contribution in [2.24, 2.45) is 24.8 Å². The maximum atomic E-state index is 14.0. The van der Waals surface area contributed by atoms with Gasteiger partial charge >= 0.3 is 0 Å². The van der Waals surface area contributed by atoms with Gasteiger partial charge in [-0.25, -0.2) is 8.42 Å². The van der Waals surface area contributed by atoms with Gasteiger partial charge in [-0.3, -0.25) is 0 Å². The second kappa shape index (κ2) is 7.79. The SMILES string of the molecule is Cc1ccc(S(=O)(=O)N2C[C@@H]3CCCC[C@@H]3[C@@H](C)[C@H]2c2cn(C)c3ccccc23)cc1. The summed E-state index contributed by atoms with van der Waals surface area (Å²) in [5, 5.41) is 1.17. The molecule has 4 atom stereocenters. The molecule has 0 unspecified atom stereocenters. The largest absolute Gasteiger partial charge is 0.350 e. The number of para-hydroxylation sites is 1. The monoisotopic (exact) mass is 436 g/mol. The van der Waals surface area contributed by atoms with Gasteiger partial charge < -0.3 is 4.57 Å². The van der Waals surface area contributed by atoms with Gasteiger partial charge in [0.1, 0.15) is 0 Å². The van der Waals surface area contributed by atoms with Crippen molar-refractivity contribution in [2.75, 3.05) is 6.54 Å². The Bertz CT molecular complexity index is 1200. The highest BCUT2D eigenvalue weighted by Gasteiger charge is 2.47. The molecule has 1 aliphatic carbocycles. The minimum Gasteiger partial charge on any atom is -0.350 e. The first kappa shape index (κ1) is 20.8. The van der Waals surface area contributed by atoms with E-state index in [2.05, 4.69) is 42.9 Å². The van der Waals surface area contributed by atoms with Gasteiger partial charge in [0.2, 0.25) is 10.0 Å². The molecule has 3 aromatic rings. The van der Waals surface area contributed by atoms with Crippen molar-refractivity contribution in [3.63, 3.8) is 0 Å².